The van der Waals surface area contributed by atoms with E-state index in [1.807, 2.05) is 6.07 Å². The van der Waals surface area contributed by atoms with Crippen LogP contribution >= 0.6 is 24.0 Å². The van der Waals surface area contributed by atoms with E-state index in [0.29, 0.717) is 17.1 Å². The zero-order valence-electron chi connectivity index (χ0n) is 16.9. The molecule has 2 unspecified atom stereocenters. The molecule has 0 saturated carbocycles. The summed E-state index contributed by atoms with van der Waals surface area (Å²) in [5, 5.41) is 14.1. The summed E-state index contributed by atoms with van der Waals surface area (Å²) >= 11 is 0. The molecule has 2 heterocycles. The number of aliphatic hydroxyl groups excluding tert-OH is 1. The fraction of sp³-hybridized carbons (Fsp3) is 0.650. The van der Waals surface area contributed by atoms with Crippen molar-refractivity contribution < 1.29 is 19.3 Å². The van der Waals surface area contributed by atoms with E-state index in [4.69, 9.17) is 19.2 Å². The van der Waals surface area contributed by atoms with Gasteiger partial charge in [-0.1, -0.05) is 0 Å². The van der Waals surface area contributed by atoms with Crippen LogP contribution in [0.25, 0.3) is 0 Å². The minimum Gasteiger partial charge on any atom is -0.497 e. The van der Waals surface area contributed by atoms with E-state index in [1.165, 1.54) is 0 Å². The van der Waals surface area contributed by atoms with Gasteiger partial charge in [0.1, 0.15) is 17.6 Å². The molecule has 1 aromatic rings. The van der Waals surface area contributed by atoms with Gasteiger partial charge in [0.25, 0.3) is 0 Å². The first-order valence-corrected chi connectivity index (χ1v) is 9.62. The van der Waals surface area contributed by atoms with E-state index >= 15 is 0 Å². The second kappa shape index (κ2) is 10.5. The smallest absolute Gasteiger partial charge is 0.194 e. The lowest BCUT2D eigenvalue weighted by Gasteiger charge is -2.25. The van der Waals surface area contributed by atoms with Crippen molar-refractivity contribution in [3.63, 3.8) is 0 Å². The summed E-state index contributed by atoms with van der Waals surface area (Å²) in [6.45, 7) is 6.72. The summed E-state index contributed by atoms with van der Waals surface area (Å²) in [6, 6.07) is 5.42. The van der Waals surface area contributed by atoms with E-state index in [2.05, 4.69) is 17.1 Å². The SMILES string of the molecule is CCNC(=NCC(O)c1cc(OC)ccc1OC)N1CCC2(CCOC2)C1.I. The van der Waals surface area contributed by atoms with E-state index in [9.17, 15) is 5.11 Å². The van der Waals surface area contributed by atoms with Crippen molar-refractivity contribution in [2.24, 2.45) is 10.4 Å². The Kier molecular flexibility index (Phi) is 8.63. The largest absolute Gasteiger partial charge is 0.497 e. The van der Waals surface area contributed by atoms with Crippen molar-refractivity contribution in [2.45, 2.75) is 25.9 Å². The second-order valence-corrected chi connectivity index (χ2v) is 7.29. The number of benzene rings is 1. The van der Waals surface area contributed by atoms with Crippen molar-refractivity contribution >= 4 is 29.9 Å². The van der Waals surface area contributed by atoms with Crippen LogP contribution < -0.4 is 14.8 Å². The molecule has 8 heteroatoms. The van der Waals surface area contributed by atoms with E-state index in [1.54, 1.807) is 26.4 Å². The van der Waals surface area contributed by atoms with Crippen LogP contribution in [-0.4, -0.2) is 69.6 Å². The molecule has 0 radical (unpaired) electrons. The van der Waals surface area contributed by atoms with Gasteiger partial charge in [0.05, 0.1) is 27.4 Å². The molecule has 158 valence electrons. The summed E-state index contributed by atoms with van der Waals surface area (Å²) in [5.41, 5.74) is 0.948. The van der Waals surface area contributed by atoms with Crippen LogP contribution in [-0.2, 0) is 4.74 Å². The number of rotatable bonds is 6. The molecular weight excluding hydrogens is 473 g/mol. The lowest BCUT2D eigenvalue weighted by molar-refractivity contribution is 0.156. The molecule has 2 atom stereocenters. The average Bonchev–Trinajstić information content (AvgIpc) is 3.34. The third kappa shape index (κ3) is 5.21. The first-order valence-electron chi connectivity index (χ1n) is 9.62. The Morgan fingerprint density at radius 1 is 1.36 bits per heavy atom. The van der Waals surface area contributed by atoms with E-state index in [-0.39, 0.29) is 35.9 Å². The Balaban J connectivity index is 0.00000280. The zero-order valence-corrected chi connectivity index (χ0v) is 19.3. The van der Waals surface area contributed by atoms with Gasteiger partial charge in [0, 0.05) is 37.2 Å². The summed E-state index contributed by atoms with van der Waals surface area (Å²) in [4.78, 5) is 6.99. The van der Waals surface area contributed by atoms with Crippen LogP contribution in [0.3, 0.4) is 0 Å². The Hall–Kier alpha value is -1.26. The second-order valence-electron chi connectivity index (χ2n) is 7.29. The molecule has 7 nitrogen and oxygen atoms in total. The Morgan fingerprint density at radius 3 is 2.82 bits per heavy atom. The molecule has 2 saturated heterocycles. The van der Waals surface area contributed by atoms with Crippen LogP contribution in [0, 0.1) is 5.41 Å². The number of ether oxygens (including phenoxy) is 3. The summed E-state index contributed by atoms with van der Waals surface area (Å²) in [7, 11) is 3.20. The molecule has 1 aromatic carbocycles. The predicted molar refractivity (Wildman–Crippen MR) is 120 cm³/mol. The predicted octanol–water partition coefficient (Wildman–Crippen LogP) is 2.43. The first kappa shape index (κ1) is 23.0. The molecule has 3 rings (SSSR count). The van der Waals surface area contributed by atoms with Gasteiger partial charge in [-0.25, -0.2) is 0 Å². The van der Waals surface area contributed by atoms with Crippen LogP contribution in [0.1, 0.15) is 31.4 Å². The molecule has 2 N–H and O–H groups in total. The van der Waals surface area contributed by atoms with E-state index in [0.717, 1.165) is 51.6 Å². The van der Waals surface area contributed by atoms with Gasteiger partial charge in [0.2, 0.25) is 0 Å². The highest BCUT2D eigenvalue weighted by atomic mass is 127. The number of nitrogens with one attached hydrogen (secondary N) is 1. The van der Waals surface area contributed by atoms with Gasteiger partial charge in [-0.3, -0.25) is 4.99 Å². The molecular formula is C20H32IN3O4. The first-order chi connectivity index (χ1) is 13.1. The quantitative estimate of drug-likeness (QED) is 0.352. The van der Waals surface area contributed by atoms with Crippen molar-refractivity contribution in [3.05, 3.63) is 23.8 Å². The molecule has 1 spiro atoms. The van der Waals surface area contributed by atoms with Gasteiger partial charge in [0.15, 0.2) is 5.96 Å². The van der Waals surface area contributed by atoms with Crippen molar-refractivity contribution in [2.75, 3.05) is 53.6 Å². The molecule has 28 heavy (non-hydrogen) atoms. The molecule has 2 aliphatic rings. The maximum atomic E-state index is 10.7. The molecule has 0 aliphatic carbocycles. The van der Waals surface area contributed by atoms with E-state index < -0.39 is 6.10 Å². The molecule has 0 amide bonds. The van der Waals surface area contributed by atoms with Crippen molar-refractivity contribution in [1.82, 2.24) is 10.2 Å². The number of nitrogens with zero attached hydrogens (tertiary/aromatic N) is 2. The number of aliphatic imine (C=N–C) groups is 1. The molecule has 0 aromatic heterocycles. The monoisotopic (exact) mass is 505 g/mol. The highest BCUT2D eigenvalue weighted by molar-refractivity contribution is 14.0. The standard InChI is InChI=1S/C20H31N3O4.HI/c1-4-21-19(23-9-7-20(13-23)8-10-27-14-20)22-12-17(24)16-11-15(25-2)5-6-18(16)26-3;/h5-6,11,17,24H,4,7-10,12-14H2,1-3H3,(H,21,22);1H. The van der Waals surface area contributed by atoms with Gasteiger partial charge >= 0.3 is 0 Å². The Labute approximate surface area is 184 Å². The third-order valence-corrected chi connectivity index (χ3v) is 5.47. The maximum absolute atomic E-state index is 10.7. The van der Waals surface area contributed by atoms with Crippen LogP contribution in [0.5, 0.6) is 11.5 Å². The van der Waals surface area contributed by atoms with Gasteiger partial charge < -0.3 is 29.5 Å². The highest BCUT2D eigenvalue weighted by Gasteiger charge is 2.42. The minimum atomic E-state index is -0.768. The number of hydrogen-bond donors (Lipinski definition) is 2. The van der Waals surface area contributed by atoms with Gasteiger partial charge in [-0.2, -0.15) is 0 Å². The third-order valence-electron chi connectivity index (χ3n) is 5.47. The number of hydrogen-bond acceptors (Lipinski definition) is 5. The maximum Gasteiger partial charge on any atom is 0.194 e. The fourth-order valence-corrected chi connectivity index (χ4v) is 3.88. The van der Waals surface area contributed by atoms with Crippen LogP contribution in [0.4, 0.5) is 0 Å². The van der Waals surface area contributed by atoms with Gasteiger partial charge in [-0.05, 0) is 38.0 Å². The van der Waals surface area contributed by atoms with Crippen LogP contribution in [0.2, 0.25) is 0 Å². The molecule has 2 aliphatic heterocycles. The number of guanidine groups is 1. The van der Waals surface area contributed by atoms with Crippen molar-refractivity contribution in [1.29, 1.82) is 0 Å². The highest BCUT2D eigenvalue weighted by Crippen LogP contribution is 2.38. The fourth-order valence-electron chi connectivity index (χ4n) is 3.88. The number of likely N-dealkylation sites (tertiary alicyclic amines) is 1. The number of aliphatic hydroxyl groups is 1. The average molecular weight is 505 g/mol. The number of methoxy groups -OCH3 is 2. The van der Waals surface area contributed by atoms with Gasteiger partial charge in [-0.15, -0.1) is 24.0 Å². The van der Waals surface area contributed by atoms with Crippen molar-refractivity contribution in [3.8, 4) is 11.5 Å². The summed E-state index contributed by atoms with van der Waals surface area (Å²) < 4.78 is 16.3. The normalized spacial score (nSPS) is 22.9. The summed E-state index contributed by atoms with van der Waals surface area (Å²) in [5.74, 6) is 2.16. The van der Waals surface area contributed by atoms with Crippen LogP contribution in [0.15, 0.2) is 23.2 Å². The number of halogens is 1. The molecule has 2 fully saturated rings. The Bertz CT molecular complexity index is 665. The lowest BCUT2D eigenvalue weighted by atomic mass is 9.87. The molecule has 0 bridgehead atoms. The lowest BCUT2D eigenvalue weighted by Crippen LogP contribution is -2.41. The topological polar surface area (TPSA) is 75.6 Å². The summed E-state index contributed by atoms with van der Waals surface area (Å²) in [6.07, 6.45) is 1.48. The Morgan fingerprint density at radius 2 is 2.18 bits per heavy atom. The minimum absolute atomic E-state index is 0. The zero-order chi connectivity index (χ0) is 19.3.